The lowest BCUT2D eigenvalue weighted by Gasteiger charge is -2.07. The van der Waals surface area contributed by atoms with Gasteiger partial charge in [0.25, 0.3) is 11.6 Å². The zero-order valence-electron chi connectivity index (χ0n) is 16.8. The normalized spacial score (nSPS) is 10.7. The van der Waals surface area contributed by atoms with Crippen LogP contribution in [0.3, 0.4) is 0 Å². The van der Waals surface area contributed by atoms with Gasteiger partial charge in [0.05, 0.1) is 10.6 Å². The minimum Gasteiger partial charge on any atom is -0.320 e. The Morgan fingerprint density at radius 2 is 1.75 bits per heavy atom. The number of carbonyl (C=O) groups is 1. The number of nitro benzene ring substituents is 1. The number of nitrogens with zero attached hydrogens (tertiary/aromatic N) is 2. The molecule has 0 radical (unpaired) electrons. The predicted octanol–water partition coefficient (Wildman–Crippen LogP) is 6.35. The average molecular weight is 465 g/mol. The summed E-state index contributed by atoms with van der Waals surface area (Å²) in [7, 11) is 0. The monoisotopic (exact) mass is 464 g/mol. The fourth-order valence-corrected chi connectivity index (χ4v) is 4.00. The molecule has 4 aromatic rings. The van der Waals surface area contributed by atoms with Crippen LogP contribution in [-0.2, 0) is 0 Å². The van der Waals surface area contributed by atoms with Gasteiger partial charge in [-0.05, 0) is 43.3 Å². The standard InChI is InChI=1S/C23H17ClN4O3S/c1-14-2-8-19(9-3-14)32-20-11-17(10-18(12-20)28(30)31)25-23(29)22-13-21(26-27-22)15-4-6-16(24)7-5-15/h2-13H,1H3,(H,25,29)(H,26,27). The number of H-pyrrole nitrogens is 1. The maximum atomic E-state index is 12.7. The summed E-state index contributed by atoms with van der Waals surface area (Å²) < 4.78 is 0. The molecule has 4 rings (SSSR count). The highest BCUT2D eigenvalue weighted by atomic mass is 35.5. The van der Waals surface area contributed by atoms with Crippen LogP contribution in [0.15, 0.2) is 82.6 Å². The predicted molar refractivity (Wildman–Crippen MR) is 125 cm³/mol. The first kappa shape index (κ1) is 21.6. The van der Waals surface area contributed by atoms with Crippen molar-refractivity contribution in [3.63, 3.8) is 0 Å². The smallest absolute Gasteiger partial charge is 0.273 e. The van der Waals surface area contributed by atoms with Crippen LogP contribution < -0.4 is 5.32 Å². The molecule has 0 bridgehead atoms. The summed E-state index contributed by atoms with van der Waals surface area (Å²) in [5.41, 5.74) is 2.96. The van der Waals surface area contributed by atoms with Crippen molar-refractivity contribution in [2.45, 2.75) is 16.7 Å². The Bertz CT molecular complexity index is 1290. The summed E-state index contributed by atoms with van der Waals surface area (Å²) in [6, 6.07) is 21.0. The second-order valence-corrected chi connectivity index (χ2v) is 8.60. The summed E-state index contributed by atoms with van der Waals surface area (Å²) in [5, 5.41) is 21.6. The Hall–Kier alpha value is -3.62. The molecule has 1 heterocycles. The Balaban J connectivity index is 1.55. The number of benzene rings is 3. The van der Waals surface area contributed by atoms with Crippen LogP contribution in [0.2, 0.25) is 5.02 Å². The summed E-state index contributed by atoms with van der Waals surface area (Å²) in [4.78, 5) is 25.2. The van der Waals surface area contributed by atoms with E-state index < -0.39 is 10.8 Å². The number of aryl methyl sites for hydroxylation is 1. The third-order valence-electron chi connectivity index (χ3n) is 4.58. The van der Waals surface area contributed by atoms with E-state index in [1.807, 2.05) is 31.2 Å². The van der Waals surface area contributed by atoms with Gasteiger partial charge in [-0.25, -0.2) is 0 Å². The van der Waals surface area contributed by atoms with E-state index in [0.29, 0.717) is 21.3 Å². The molecule has 1 aromatic heterocycles. The molecule has 0 atom stereocenters. The molecule has 0 fully saturated rings. The molecule has 0 unspecified atom stereocenters. The molecule has 2 N–H and O–H groups in total. The highest BCUT2D eigenvalue weighted by Crippen LogP contribution is 2.33. The number of rotatable bonds is 6. The van der Waals surface area contributed by atoms with E-state index >= 15 is 0 Å². The summed E-state index contributed by atoms with van der Waals surface area (Å²) in [6.07, 6.45) is 0. The van der Waals surface area contributed by atoms with Crippen molar-refractivity contribution < 1.29 is 9.72 Å². The quantitative estimate of drug-likeness (QED) is 0.256. The second kappa shape index (κ2) is 9.25. The topological polar surface area (TPSA) is 101 Å². The van der Waals surface area contributed by atoms with Crippen LogP contribution >= 0.6 is 23.4 Å². The molecule has 0 aliphatic heterocycles. The highest BCUT2D eigenvalue weighted by Gasteiger charge is 2.15. The Labute approximate surface area is 193 Å². The Kier molecular flexibility index (Phi) is 6.25. The van der Waals surface area contributed by atoms with Gasteiger partial charge in [0.15, 0.2) is 0 Å². The van der Waals surface area contributed by atoms with Gasteiger partial charge < -0.3 is 5.32 Å². The number of carbonyl (C=O) groups excluding carboxylic acids is 1. The van der Waals surface area contributed by atoms with E-state index in [1.165, 1.54) is 23.9 Å². The molecule has 0 aliphatic rings. The maximum Gasteiger partial charge on any atom is 0.273 e. The number of nitrogens with one attached hydrogen (secondary N) is 2. The van der Waals surface area contributed by atoms with Crippen molar-refractivity contribution in [3.8, 4) is 11.3 Å². The van der Waals surface area contributed by atoms with Gasteiger partial charge in [0, 0.05) is 38.2 Å². The lowest BCUT2D eigenvalue weighted by molar-refractivity contribution is -0.385. The first-order valence-electron chi connectivity index (χ1n) is 9.54. The van der Waals surface area contributed by atoms with Crippen molar-refractivity contribution in [1.82, 2.24) is 10.2 Å². The number of anilines is 1. The van der Waals surface area contributed by atoms with E-state index in [9.17, 15) is 14.9 Å². The molecule has 0 aliphatic carbocycles. The van der Waals surface area contributed by atoms with Crippen LogP contribution in [0.4, 0.5) is 11.4 Å². The van der Waals surface area contributed by atoms with Gasteiger partial charge in [0.2, 0.25) is 0 Å². The van der Waals surface area contributed by atoms with Gasteiger partial charge in [-0.15, -0.1) is 0 Å². The van der Waals surface area contributed by atoms with Crippen LogP contribution in [0.25, 0.3) is 11.3 Å². The minimum absolute atomic E-state index is 0.108. The zero-order chi connectivity index (χ0) is 22.7. The molecule has 9 heteroatoms. The zero-order valence-corrected chi connectivity index (χ0v) is 18.4. The summed E-state index contributed by atoms with van der Waals surface area (Å²) in [6.45, 7) is 1.99. The van der Waals surface area contributed by atoms with E-state index in [2.05, 4.69) is 15.5 Å². The molecular formula is C23H17ClN4O3S. The fourth-order valence-electron chi connectivity index (χ4n) is 2.97. The van der Waals surface area contributed by atoms with Gasteiger partial charge in [-0.3, -0.25) is 20.0 Å². The lowest BCUT2D eigenvalue weighted by Crippen LogP contribution is -2.12. The number of nitro groups is 1. The number of hydrogen-bond acceptors (Lipinski definition) is 5. The van der Waals surface area contributed by atoms with Crippen LogP contribution in [-0.4, -0.2) is 21.0 Å². The Morgan fingerprint density at radius 1 is 1.03 bits per heavy atom. The molecule has 1 amide bonds. The van der Waals surface area contributed by atoms with Crippen LogP contribution in [0.5, 0.6) is 0 Å². The first-order chi connectivity index (χ1) is 15.4. The Morgan fingerprint density at radius 3 is 2.44 bits per heavy atom. The molecule has 7 nitrogen and oxygen atoms in total. The third-order valence-corrected chi connectivity index (χ3v) is 5.81. The molecule has 32 heavy (non-hydrogen) atoms. The molecule has 0 saturated carbocycles. The van der Waals surface area contributed by atoms with E-state index in [0.717, 1.165) is 16.0 Å². The van der Waals surface area contributed by atoms with Crippen molar-refractivity contribution in [2.24, 2.45) is 0 Å². The van der Waals surface area contributed by atoms with Crippen molar-refractivity contribution in [2.75, 3.05) is 5.32 Å². The van der Waals surface area contributed by atoms with E-state index in [1.54, 1.807) is 36.4 Å². The van der Waals surface area contributed by atoms with Crippen LogP contribution in [0, 0.1) is 17.0 Å². The van der Waals surface area contributed by atoms with Gasteiger partial charge in [-0.1, -0.05) is 53.2 Å². The minimum atomic E-state index is -0.482. The van der Waals surface area contributed by atoms with Crippen LogP contribution in [0.1, 0.15) is 16.1 Å². The number of amides is 1. The van der Waals surface area contributed by atoms with Crippen molar-refractivity contribution in [3.05, 3.63) is 99.2 Å². The lowest BCUT2D eigenvalue weighted by atomic mass is 10.1. The highest BCUT2D eigenvalue weighted by molar-refractivity contribution is 7.99. The second-order valence-electron chi connectivity index (χ2n) is 7.02. The fraction of sp³-hybridized carbons (Fsp3) is 0.0435. The van der Waals surface area contributed by atoms with Gasteiger partial charge in [0.1, 0.15) is 5.69 Å². The maximum absolute atomic E-state index is 12.7. The van der Waals surface area contributed by atoms with E-state index in [4.69, 9.17) is 11.6 Å². The van der Waals surface area contributed by atoms with E-state index in [-0.39, 0.29) is 11.4 Å². The number of aromatic nitrogens is 2. The number of non-ortho nitro benzene ring substituents is 1. The first-order valence-corrected chi connectivity index (χ1v) is 10.7. The van der Waals surface area contributed by atoms with Gasteiger partial charge in [-0.2, -0.15) is 5.10 Å². The summed E-state index contributed by atoms with van der Waals surface area (Å²) in [5.74, 6) is -0.454. The SMILES string of the molecule is Cc1ccc(Sc2cc(NC(=O)c3cc(-c4ccc(Cl)cc4)n[nH]3)cc([N+](=O)[O-])c2)cc1. The molecule has 0 spiro atoms. The number of halogens is 1. The summed E-state index contributed by atoms with van der Waals surface area (Å²) >= 11 is 7.29. The number of hydrogen-bond donors (Lipinski definition) is 2. The van der Waals surface area contributed by atoms with Crippen molar-refractivity contribution in [1.29, 1.82) is 0 Å². The average Bonchev–Trinajstić information content (AvgIpc) is 3.26. The van der Waals surface area contributed by atoms with Gasteiger partial charge >= 0.3 is 0 Å². The number of aromatic amines is 1. The van der Waals surface area contributed by atoms with Crippen molar-refractivity contribution >= 4 is 40.6 Å². The molecule has 160 valence electrons. The molecular weight excluding hydrogens is 448 g/mol. The molecule has 0 saturated heterocycles. The molecule has 3 aromatic carbocycles. The largest absolute Gasteiger partial charge is 0.320 e. The third kappa shape index (κ3) is 5.16.